The van der Waals surface area contributed by atoms with Crippen molar-refractivity contribution in [3.05, 3.63) is 89.7 Å². The number of nitriles is 1. The molecule has 0 amide bonds. The Morgan fingerprint density at radius 2 is 1.81 bits per heavy atom. The number of nitrogens with one attached hydrogen (secondary N) is 1. The van der Waals surface area contributed by atoms with E-state index in [1.54, 1.807) is 11.8 Å². The first-order chi connectivity index (χ1) is 13.2. The van der Waals surface area contributed by atoms with Crippen molar-refractivity contribution in [3.63, 3.8) is 0 Å². The third kappa shape index (κ3) is 3.79. The Kier molecular flexibility index (Phi) is 4.78. The van der Waals surface area contributed by atoms with Crippen molar-refractivity contribution < 1.29 is 0 Å². The quantitative estimate of drug-likeness (QED) is 0.444. The summed E-state index contributed by atoms with van der Waals surface area (Å²) in [7, 11) is 0. The SMILES string of the molecule is Cc1ccc2nc(/C(C#N)=C/c3ccccc3Sc3ccccc3)[nH]c2c1. The summed E-state index contributed by atoms with van der Waals surface area (Å²) in [4.78, 5) is 10.1. The van der Waals surface area contributed by atoms with Crippen molar-refractivity contribution in [2.75, 3.05) is 0 Å². The van der Waals surface area contributed by atoms with Gasteiger partial charge in [-0.2, -0.15) is 5.26 Å². The minimum atomic E-state index is 0.518. The second kappa shape index (κ2) is 7.53. The summed E-state index contributed by atoms with van der Waals surface area (Å²) in [5.41, 5.74) is 4.48. The van der Waals surface area contributed by atoms with Crippen molar-refractivity contribution in [2.24, 2.45) is 0 Å². The normalized spacial score (nSPS) is 11.5. The van der Waals surface area contributed by atoms with Crippen LogP contribution in [0.4, 0.5) is 0 Å². The van der Waals surface area contributed by atoms with Crippen LogP contribution in [0.1, 0.15) is 17.0 Å². The number of imidazole rings is 1. The molecule has 130 valence electrons. The molecule has 3 nitrogen and oxygen atoms in total. The molecule has 0 aliphatic heterocycles. The van der Waals surface area contributed by atoms with Crippen LogP contribution in [0.5, 0.6) is 0 Å². The topological polar surface area (TPSA) is 52.5 Å². The minimum absolute atomic E-state index is 0.518. The van der Waals surface area contributed by atoms with Crippen molar-refractivity contribution in [1.82, 2.24) is 9.97 Å². The zero-order chi connectivity index (χ0) is 18.6. The van der Waals surface area contributed by atoms with Gasteiger partial charge in [-0.3, -0.25) is 0 Å². The molecule has 0 spiro atoms. The van der Waals surface area contributed by atoms with Gasteiger partial charge >= 0.3 is 0 Å². The van der Waals surface area contributed by atoms with Gasteiger partial charge in [-0.1, -0.05) is 54.2 Å². The number of fused-ring (bicyclic) bond motifs is 1. The van der Waals surface area contributed by atoms with E-state index >= 15 is 0 Å². The zero-order valence-corrected chi connectivity index (χ0v) is 15.6. The second-order valence-corrected chi connectivity index (χ2v) is 7.34. The number of hydrogen-bond donors (Lipinski definition) is 1. The Labute approximate surface area is 162 Å². The Balaban J connectivity index is 1.73. The first-order valence-electron chi connectivity index (χ1n) is 8.63. The predicted octanol–water partition coefficient (Wildman–Crippen LogP) is 6.09. The number of H-pyrrole nitrogens is 1. The van der Waals surface area contributed by atoms with E-state index in [0.717, 1.165) is 32.0 Å². The molecule has 0 saturated heterocycles. The van der Waals surface area contributed by atoms with Crippen LogP contribution in [0.2, 0.25) is 0 Å². The van der Waals surface area contributed by atoms with Crippen LogP contribution < -0.4 is 0 Å². The number of benzene rings is 3. The van der Waals surface area contributed by atoms with E-state index in [-0.39, 0.29) is 0 Å². The summed E-state index contributed by atoms with van der Waals surface area (Å²) in [5, 5.41) is 9.72. The maximum Gasteiger partial charge on any atom is 0.149 e. The molecule has 0 aliphatic rings. The number of aryl methyl sites for hydroxylation is 1. The maximum atomic E-state index is 9.72. The molecule has 1 N–H and O–H groups in total. The number of aromatic nitrogens is 2. The predicted molar refractivity (Wildman–Crippen MR) is 111 cm³/mol. The highest BCUT2D eigenvalue weighted by Crippen LogP contribution is 2.32. The van der Waals surface area contributed by atoms with Gasteiger partial charge in [0.1, 0.15) is 11.9 Å². The smallest absolute Gasteiger partial charge is 0.149 e. The van der Waals surface area contributed by atoms with Crippen LogP contribution in [0.15, 0.2) is 82.6 Å². The summed E-state index contributed by atoms with van der Waals surface area (Å²) >= 11 is 1.68. The fourth-order valence-corrected chi connectivity index (χ4v) is 3.81. The Morgan fingerprint density at radius 3 is 2.63 bits per heavy atom. The molecule has 4 rings (SSSR count). The molecular weight excluding hydrogens is 350 g/mol. The van der Waals surface area contributed by atoms with E-state index in [2.05, 4.69) is 34.2 Å². The molecular formula is C23H17N3S. The molecule has 4 aromatic rings. The number of hydrogen-bond acceptors (Lipinski definition) is 3. The lowest BCUT2D eigenvalue weighted by atomic mass is 10.1. The molecule has 1 aromatic heterocycles. The standard InChI is InChI=1S/C23H17N3S/c1-16-11-12-20-21(13-16)26-23(25-20)18(15-24)14-17-7-5-6-10-22(17)27-19-8-3-2-4-9-19/h2-14H,1H3,(H,25,26)/b18-14+. The van der Waals surface area contributed by atoms with Gasteiger partial charge in [-0.25, -0.2) is 4.98 Å². The van der Waals surface area contributed by atoms with Gasteiger partial charge in [0.05, 0.1) is 16.6 Å². The third-order valence-corrected chi connectivity index (χ3v) is 5.30. The van der Waals surface area contributed by atoms with Crippen molar-refractivity contribution in [2.45, 2.75) is 16.7 Å². The molecule has 0 aliphatic carbocycles. The molecule has 0 fully saturated rings. The molecule has 0 bridgehead atoms. The number of aromatic amines is 1. The third-order valence-electron chi connectivity index (χ3n) is 4.20. The van der Waals surface area contributed by atoms with Gasteiger partial charge in [-0.05, 0) is 54.5 Å². The van der Waals surface area contributed by atoms with E-state index in [4.69, 9.17) is 0 Å². The fourth-order valence-electron chi connectivity index (χ4n) is 2.87. The van der Waals surface area contributed by atoms with E-state index in [1.165, 1.54) is 0 Å². The highest BCUT2D eigenvalue weighted by atomic mass is 32.2. The Bertz CT molecular complexity index is 1170. The first-order valence-corrected chi connectivity index (χ1v) is 9.45. The lowest BCUT2D eigenvalue weighted by Gasteiger charge is -2.06. The molecule has 0 unspecified atom stereocenters. The van der Waals surface area contributed by atoms with Crippen molar-refractivity contribution in [3.8, 4) is 6.07 Å². The van der Waals surface area contributed by atoms with Crippen LogP contribution in [0.25, 0.3) is 22.7 Å². The molecule has 0 radical (unpaired) electrons. The van der Waals surface area contributed by atoms with Gasteiger partial charge in [0.2, 0.25) is 0 Å². The van der Waals surface area contributed by atoms with E-state index in [0.29, 0.717) is 11.4 Å². The Morgan fingerprint density at radius 1 is 1.04 bits per heavy atom. The largest absolute Gasteiger partial charge is 0.337 e. The van der Waals surface area contributed by atoms with Crippen LogP contribution in [-0.4, -0.2) is 9.97 Å². The Hall–Kier alpha value is -3.29. The average Bonchev–Trinajstić information content (AvgIpc) is 3.11. The maximum absolute atomic E-state index is 9.72. The lowest BCUT2D eigenvalue weighted by molar-refractivity contribution is 1.27. The highest BCUT2D eigenvalue weighted by Gasteiger charge is 2.10. The number of allylic oxidation sites excluding steroid dienone is 1. The zero-order valence-electron chi connectivity index (χ0n) is 14.8. The van der Waals surface area contributed by atoms with Crippen LogP contribution in [-0.2, 0) is 0 Å². The number of rotatable bonds is 4. The monoisotopic (exact) mass is 367 g/mol. The molecule has 4 heteroatoms. The first kappa shape index (κ1) is 17.1. The van der Waals surface area contributed by atoms with Gasteiger partial charge in [0, 0.05) is 9.79 Å². The molecule has 3 aromatic carbocycles. The summed E-state index contributed by atoms with van der Waals surface area (Å²) < 4.78 is 0. The lowest BCUT2D eigenvalue weighted by Crippen LogP contribution is -1.86. The molecule has 0 atom stereocenters. The van der Waals surface area contributed by atoms with E-state index in [9.17, 15) is 5.26 Å². The number of nitrogens with zero attached hydrogens (tertiary/aromatic N) is 2. The van der Waals surface area contributed by atoms with Crippen LogP contribution in [0, 0.1) is 18.3 Å². The van der Waals surface area contributed by atoms with Gasteiger partial charge < -0.3 is 4.98 Å². The molecule has 0 saturated carbocycles. The molecule has 1 heterocycles. The van der Waals surface area contributed by atoms with Gasteiger partial charge in [-0.15, -0.1) is 0 Å². The van der Waals surface area contributed by atoms with Crippen molar-refractivity contribution in [1.29, 1.82) is 5.26 Å². The fraction of sp³-hybridized carbons (Fsp3) is 0.0435. The van der Waals surface area contributed by atoms with E-state index < -0.39 is 0 Å². The van der Waals surface area contributed by atoms with E-state index in [1.807, 2.05) is 67.6 Å². The van der Waals surface area contributed by atoms with Crippen LogP contribution >= 0.6 is 11.8 Å². The molecule has 27 heavy (non-hydrogen) atoms. The summed E-state index contributed by atoms with van der Waals surface area (Å²) in [6.07, 6.45) is 1.90. The van der Waals surface area contributed by atoms with Crippen molar-refractivity contribution >= 4 is 34.4 Å². The summed E-state index contributed by atoms with van der Waals surface area (Å²) in [6.45, 7) is 2.04. The minimum Gasteiger partial charge on any atom is -0.337 e. The van der Waals surface area contributed by atoms with Gasteiger partial charge in [0.25, 0.3) is 0 Å². The van der Waals surface area contributed by atoms with Crippen LogP contribution in [0.3, 0.4) is 0 Å². The average molecular weight is 367 g/mol. The van der Waals surface area contributed by atoms with Gasteiger partial charge in [0.15, 0.2) is 0 Å². The summed E-state index contributed by atoms with van der Waals surface area (Å²) in [6, 6.07) is 26.6. The highest BCUT2D eigenvalue weighted by molar-refractivity contribution is 7.99. The summed E-state index contributed by atoms with van der Waals surface area (Å²) in [5.74, 6) is 0.595. The second-order valence-electron chi connectivity index (χ2n) is 6.23.